The minimum absolute atomic E-state index is 0.0955. The van der Waals surface area contributed by atoms with E-state index in [1.165, 1.54) is 20.9 Å². The third-order valence-electron chi connectivity index (χ3n) is 4.57. The normalized spacial score (nSPS) is 12.2. The third-order valence-corrected chi connectivity index (χ3v) is 4.57. The van der Waals surface area contributed by atoms with Crippen LogP contribution in [0, 0.1) is 0 Å². The van der Waals surface area contributed by atoms with Gasteiger partial charge < -0.3 is 14.9 Å². The van der Waals surface area contributed by atoms with Crippen LogP contribution in [0.25, 0.3) is 0 Å². The van der Waals surface area contributed by atoms with Crippen molar-refractivity contribution in [3.05, 3.63) is 64.7 Å². The minimum Gasteiger partial charge on any atom is -0.507 e. The Morgan fingerprint density at radius 3 is 1.67 bits per heavy atom. The van der Waals surface area contributed by atoms with Gasteiger partial charge in [0.25, 0.3) is 0 Å². The first-order valence-electron chi connectivity index (χ1n) is 8.70. The summed E-state index contributed by atoms with van der Waals surface area (Å²) in [6.07, 6.45) is 0. The smallest absolute Gasteiger partial charge is 0.133 e. The van der Waals surface area contributed by atoms with Gasteiger partial charge in [-0.3, -0.25) is 0 Å². The molecular weight excluding hydrogens is 296 g/mol. The van der Waals surface area contributed by atoms with E-state index in [2.05, 4.69) is 84.5 Å². The number of phenols is 1. The summed E-state index contributed by atoms with van der Waals surface area (Å²) in [7, 11) is 8.47. The first-order valence-corrected chi connectivity index (χ1v) is 8.70. The zero-order valence-corrected chi connectivity index (χ0v) is 15.9. The van der Waals surface area contributed by atoms with E-state index in [1.807, 2.05) is 0 Å². The molecule has 0 fully saturated rings. The molecule has 0 spiro atoms. The molecule has 0 aliphatic carbocycles. The number of nitrogens with one attached hydrogen (secondary N) is 2. The summed E-state index contributed by atoms with van der Waals surface area (Å²) < 4.78 is 0. The van der Waals surface area contributed by atoms with Crippen molar-refractivity contribution in [1.82, 2.24) is 0 Å². The second-order valence-corrected chi connectivity index (χ2v) is 7.90. The van der Waals surface area contributed by atoms with Gasteiger partial charge in [-0.2, -0.15) is 0 Å². The van der Waals surface area contributed by atoms with E-state index in [-0.39, 0.29) is 5.41 Å². The zero-order chi connectivity index (χ0) is 17.9. The van der Waals surface area contributed by atoms with Gasteiger partial charge in [0.2, 0.25) is 0 Å². The van der Waals surface area contributed by atoms with E-state index < -0.39 is 0 Å². The molecule has 3 nitrogen and oxygen atoms in total. The Kier molecular flexibility index (Phi) is 5.68. The first-order chi connectivity index (χ1) is 11.2. The Morgan fingerprint density at radius 2 is 1.25 bits per heavy atom. The van der Waals surface area contributed by atoms with E-state index in [9.17, 15) is 5.11 Å². The molecule has 2 aromatic rings. The summed E-state index contributed by atoms with van der Waals surface area (Å²) in [4.78, 5) is 2.62. The molecular formula is C21H32N2O+2. The molecule has 0 radical (unpaired) electrons. The van der Waals surface area contributed by atoms with Crippen molar-refractivity contribution in [3.63, 3.8) is 0 Å². The number of hydrogen-bond donors (Lipinski definition) is 3. The van der Waals surface area contributed by atoms with Crippen LogP contribution in [0.1, 0.15) is 36.1 Å². The Hall–Kier alpha value is -1.84. The van der Waals surface area contributed by atoms with Crippen molar-refractivity contribution >= 4 is 0 Å². The van der Waals surface area contributed by atoms with E-state index >= 15 is 0 Å². The molecule has 0 aliphatic heterocycles. The molecule has 130 valence electrons. The lowest BCUT2D eigenvalue weighted by Gasteiger charge is -2.28. The average Bonchev–Trinajstić information content (AvgIpc) is 2.51. The summed E-state index contributed by atoms with van der Waals surface area (Å²) in [5.41, 5.74) is 4.53. The molecule has 0 aromatic heterocycles. The minimum atomic E-state index is -0.0955. The molecule has 2 aromatic carbocycles. The summed E-state index contributed by atoms with van der Waals surface area (Å²) >= 11 is 0. The van der Waals surface area contributed by atoms with Crippen molar-refractivity contribution < 1.29 is 14.9 Å². The molecule has 24 heavy (non-hydrogen) atoms. The molecule has 0 saturated carbocycles. The molecule has 0 amide bonds. The topological polar surface area (TPSA) is 29.1 Å². The summed E-state index contributed by atoms with van der Waals surface area (Å²) in [5, 5.41) is 10.7. The van der Waals surface area contributed by atoms with Crippen LogP contribution >= 0.6 is 0 Å². The second kappa shape index (κ2) is 7.37. The highest BCUT2D eigenvalue weighted by Crippen LogP contribution is 2.35. The SMILES string of the molecule is C[NH+](C)Cc1cc(C(C)(C)c2ccccc2)cc(C[NH+](C)C)c1O. The largest absolute Gasteiger partial charge is 0.507 e. The number of aromatic hydroxyl groups is 1. The number of hydrogen-bond acceptors (Lipinski definition) is 1. The van der Waals surface area contributed by atoms with Crippen molar-refractivity contribution in [2.24, 2.45) is 0 Å². The maximum Gasteiger partial charge on any atom is 0.133 e. The quantitative estimate of drug-likeness (QED) is 0.726. The van der Waals surface area contributed by atoms with Gasteiger partial charge in [0, 0.05) is 16.5 Å². The number of phenolic OH excluding ortho intramolecular Hbond substituents is 1. The summed E-state index contributed by atoms with van der Waals surface area (Å²) in [5.74, 6) is 0.463. The van der Waals surface area contributed by atoms with E-state index in [0.717, 1.165) is 24.2 Å². The lowest BCUT2D eigenvalue weighted by molar-refractivity contribution is -0.873. The van der Waals surface area contributed by atoms with Gasteiger partial charge in [0.1, 0.15) is 18.8 Å². The lowest BCUT2D eigenvalue weighted by Crippen LogP contribution is -3.04. The van der Waals surface area contributed by atoms with Gasteiger partial charge >= 0.3 is 0 Å². The lowest BCUT2D eigenvalue weighted by atomic mass is 9.77. The number of rotatable bonds is 6. The van der Waals surface area contributed by atoms with Crippen LogP contribution in [-0.2, 0) is 18.5 Å². The molecule has 0 heterocycles. The maximum absolute atomic E-state index is 10.7. The van der Waals surface area contributed by atoms with Gasteiger partial charge in [-0.1, -0.05) is 44.2 Å². The second-order valence-electron chi connectivity index (χ2n) is 7.90. The van der Waals surface area contributed by atoms with Crippen LogP contribution in [-0.4, -0.2) is 33.3 Å². The molecule has 0 aliphatic rings. The monoisotopic (exact) mass is 328 g/mol. The molecule has 3 N–H and O–H groups in total. The van der Waals surface area contributed by atoms with Crippen molar-refractivity contribution in [1.29, 1.82) is 0 Å². The van der Waals surface area contributed by atoms with E-state index in [0.29, 0.717) is 5.75 Å². The van der Waals surface area contributed by atoms with Crippen molar-refractivity contribution in [2.45, 2.75) is 32.4 Å². The Balaban J connectivity index is 2.56. The average molecular weight is 329 g/mol. The van der Waals surface area contributed by atoms with Crippen LogP contribution < -0.4 is 9.80 Å². The van der Waals surface area contributed by atoms with Crippen LogP contribution in [0.4, 0.5) is 0 Å². The van der Waals surface area contributed by atoms with Crippen LogP contribution in [0.3, 0.4) is 0 Å². The molecule has 0 unspecified atom stereocenters. The first kappa shape index (κ1) is 18.5. The number of quaternary nitrogens is 2. The van der Waals surface area contributed by atoms with Crippen molar-refractivity contribution in [3.8, 4) is 5.75 Å². The van der Waals surface area contributed by atoms with E-state index in [1.54, 1.807) is 0 Å². The highest BCUT2D eigenvalue weighted by molar-refractivity contribution is 5.48. The molecule has 0 atom stereocenters. The fourth-order valence-corrected chi connectivity index (χ4v) is 3.17. The van der Waals surface area contributed by atoms with Crippen LogP contribution in [0.5, 0.6) is 5.75 Å². The van der Waals surface area contributed by atoms with Gasteiger partial charge in [-0.15, -0.1) is 0 Å². The molecule has 0 bridgehead atoms. The maximum atomic E-state index is 10.7. The van der Waals surface area contributed by atoms with Gasteiger partial charge in [-0.25, -0.2) is 0 Å². The Bertz CT molecular complexity index is 644. The van der Waals surface area contributed by atoms with Crippen molar-refractivity contribution in [2.75, 3.05) is 28.2 Å². The molecule has 0 saturated heterocycles. The fraction of sp³-hybridized carbons (Fsp3) is 0.429. The summed E-state index contributed by atoms with van der Waals surface area (Å²) in [6.45, 7) is 6.15. The highest BCUT2D eigenvalue weighted by Gasteiger charge is 2.26. The number of benzene rings is 2. The van der Waals surface area contributed by atoms with Gasteiger partial charge in [0.05, 0.1) is 28.2 Å². The summed E-state index contributed by atoms with van der Waals surface area (Å²) in [6, 6.07) is 15.0. The van der Waals surface area contributed by atoms with E-state index in [4.69, 9.17) is 0 Å². The molecule has 3 heteroatoms. The van der Waals surface area contributed by atoms with Gasteiger partial charge in [-0.05, 0) is 23.3 Å². The predicted octanol–water partition coefficient (Wildman–Crippen LogP) is 1.01. The van der Waals surface area contributed by atoms with Crippen LogP contribution in [0.2, 0.25) is 0 Å². The van der Waals surface area contributed by atoms with Crippen LogP contribution in [0.15, 0.2) is 42.5 Å². The predicted molar refractivity (Wildman–Crippen MR) is 99.7 cm³/mol. The fourth-order valence-electron chi connectivity index (χ4n) is 3.17. The Morgan fingerprint density at radius 1 is 0.792 bits per heavy atom. The van der Waals surface area contributed by atoms with Gasteiger partial charge in [0.15, 0.2) is 0 Å². The Labute approximate surface area is 146 Å². The third kappa shape index (κ3) is 4.16. The zero-order valence-electron chi connectivity index (χ0n) is 15.9. The highest BCUT2D eigenvalue weighted by atomic mass is 16.3. The standard InChI is InChI=1S/C21H30N2O/c1-21(2,18-10-8-7-9-11-18)19-12-16(14-22(3)4)20(24)17(13-19)15-23(5)6/h7-13,24H,14-15H2,1-6H3/p+2. The molecule has 2 rings (SSSR count).